The molecule has 5 nitrogen and oxygen atoms in total. The molecule has 0 amide bonds. The minimum atomic E-state index is -1.44. The van der Waals surface area contributed by atoms with Crippen molar-refractivity contribution in [1.29, 1.82) is 0 Å². The van der Waals surface area contributed by atoms with Gasteiger partial charge in [0, 0.05) is 6.42 Å². The van der Waals surface area contributed by atoms with Gasteiger partial charge in [-0.1, -0.05) is 13.8 Å². The summed E-state index contributed by atoms with van der Waals surface area (Å²) in [4.78, 5) is 10.4. The van der Waals surface area contributed by atoms with Gasteiger partial charge in [0.05, 0.1) is 6.42 Å². The van der Waals surface area contributed by atoms with Crippen LogP contribution in [-0.4, -0.2) is 34.4 Å². The molecule has 0 aromatic heterocycles. The van der Waals surface area contributed by atoms with Crippen LogP contribution in [0.5, 0.6) is 0 Å². The molecule has 1 heterocycles. The second-order valence-corrected chi connectivity index (χ2v) is 3.85. The van der Waals surface area contributed by atoms with Gasteiger partial charge in [0.1, 0.15) is 6.61 Å². The maximum absolute atomic E-state index is 10.4. The molecule has 0 bridgehead atoms. The van der Waals surface area contributed by atoms with Gasteiger partial charge in [-0.3, -0.25) is 4.79 Å². The third kappa shape index (κ3) is 2.90. The van der Waals surface area contributed by atoms with Gasteiger partial charge in [0.2, 0.25) is 0 Å². The molecule has 1 rings (SSSR count). The summed E-state index contributed by atoms with van der Waals surface area (Å²) < 4.78 is 10.9. The Kier molecular flexibility index (Phi) is 3.70. The Balaban J connectivity index is 2.55. The van der Waals surface area contributed by atoms with E-state index in [1.54, 1.807) is 0 Å². The van der Waals surface area contributed by atoms with Crippen molar-refractivity contribution in [3.05, 3.63) is 0 Å². The van der Waals surface area contributed by atoms with Crippen LogP contribution in [0, 0.1) is 0 Å². The molecule has 0 spiro atoms. The summed E-state index contributed by atoms with van der Waals surface area (Å²) in [5.41, 5.74) is 0. The molecule has 1 aliphatic rings. The molecule has 0 radical (unpaired) electrons. The Labute approximate surface area is 89.0 Å². The van der Waals surface area contributed by atoms with Gasteiger partial charge in [-0.2, -0.15) is 0 Å². The molecular weight excluding hydrogens is 200 g/mol. The summed E-state index contributed by atoms with van der Waals surface area (Å²) in [5, 5.41) is 18.5. The number of ether oxygens (including phenoxy) is 2. The zero-order chi connectivity index (χ0) is 11.5. The first-order valence-electron chi connectivity index (χ1n) is 5.23. The monoisotopic (exact) mass is 218 g/mol. The van der Waals surface area contributed by atoms with E-state index in [4.69, 9.17) is 14.6 Å². The molecule has 1 fully saturated rings. The van der Waals surface area contributed by atoms with Crippen molar-refractivity contribution in [3.63, 3.8) is 0 Å². The number of hydrogen-bond acceptors (Lipinski definition) is 4. The van der Waals surface area contributed by atoms with Gasteiger partial charge in [-0.15, -0.1) is 0 Å². The molecular formula is C10H18O5. The van der Waals surface area contributed by atoms with Gasteiger partial charge in [-0.05, 0) is 12.8 Å². The summed E-state index contributed by atoms with van der Waals surface area (Å²) >= 11 is 0. The number of hydrogen-bond donors (Lipinski definition) is 2. The topological polar surface area (TPSA) is 76.0 Å². The van der Waals surface area contributed by atoms with Crippen molar-refractivity contribution < 1.29 is 24.5 Å². The molecule has 0 aromatic rings. The van der Waals surface area contributed by atoms with E-state index in [9.17, 15) is 9.90 Å². The Hall–Kier alpha value is -0.650. The molecule has 2 N–H and O–H groups in total. The van der Waals surface area contributed by atoms with Gasteiger partial charge >= 0.3 is 5.97 Å². The minimum absolute atomic E-state index is 0.0436. The number of aliphatic carboxylic acids is 1. The maximum atomic E-state index is 10.4. The molecule has 0 saturated carbocycles. The number of rotatable bonds is 5. The Morgan fingerprint density at radius 3 is 2.40 bits per heavy atom. The van der Waals surface area contributed by atoms with E-state index in [1.807, 2.05) is 13.8 Å². The zero-order valence-electron chi connectivity index (χ0n) is 9.15. The van der Waals surface area contributed by atoms with Crippen LogP contribution in [0.25, 0.3) is 0 Å². The number of carboxylic acid groups (broad SMARTS) is 1. The van der Waals surface area contributed by atoms with Crippen molar-refractivity contribution in [2.24, 2.45) is 0 Å². The second kappa shape index (κ2) is 4.47. The quantitative estimate of drug-likeness (QED) is 0.722. The molecule has 1 unspecified atom stereocenters. The first-order chi connectivity index (χ1) is 6.95. The fourth-order valence-electron chi connectivity index (χ4n) is 1.67. The predicted octanol–water partition coefficient (Wildman–Crippen LogP) is 1.10. The highest BCUT2D eigenvalue weighted by atomic mass is 16.8. The lowest BCUT2D eigenvalue weighted by Crippen LogP contribution is -2.36. The van der Waals surface area contributed by atoms with E-state index >= 15 is 0 Å². The van der Waals surface area contributed by atoms with Gasteiger partial charge in [-0.25, -0.2) is 0 Å². The minimum Gasteiger partial charge on any atom is -0.481 e. The fourth-order valence-corrected chi connectivity index (χ4v) is 1.67. The largest absolute Gasteiger partial charge is 0.481 e. The van der Waals surface area contributed by atoms with Crippen molar-refractivity contribution in [1.82, 2.24) is 0 Å². The highest BCUT2D eigenvalue weighted by molar-refractivity contribution is 5.66. The average Bonchev–Trinajstić information content (AvgIpc) is 2.55. The van der Waals surface area contributed by atoms with E-state index in [0.29, 0.717) is 12.8 Å². The van der Waals surface area contributed by atoms with Crippen LogP contribution in [-0.2, 0) is 14.3 Å². The summed E-state index contributed by atoms with van der Waals surface area (Å²) in [7, 11) is 0. The molecule has 1 aliphatic heterocycles. The lowest BCUT2D eigenvalue weighted by molar-refractivity contribution is -0.250. The zero-order valence-corrected chi connectivity index (χ0v) is 9.15. The first kappa shape index (κ1) is 12.4. The standard InChI is InChI=1S/C10H18O5/c1-3-10(4-2)14-7-9(13,15-10)6-5-8(11)12/h13H,3-7H2,1-2H3,(H,11,12). The summed E-state index contributed by atoms with van der Waals surface area (Å²) in [5.74, 6) is -3.13. The third-order valence-corrected chi connectivity index (χ3v) is 2.74. The van der Waals surface area contributed by atoms with Gasteiger partial charge < -0.3 is 19.7 Å². The van der Waals surface area contributed by atoms with Crippen molar-refractivity contribution in [3.8, 4) is 0 Å². The SMILES string of the molecule is CCC1(CC)OCC(O)(CCC(=O)O)O1. The van der Waals surface area contributed by atoms with Crippen LogP contribution in [0.2, 0.25) is 0 Å². The van der Waals surface area contributed by atoms with E-state index in [1.165, 1.54) is 0 Å². The Bertz CT molecular complexity index is 236. The summed E-state index contributed by atoms with van der Waals surface area (Å²) in [6.07, 6.45) is 1.21. The molecule has 88 valence electrons. The predicted molar refractivity (Wildman–Crippen MR) is 52.2 cm³/mol. The van der Waals surface area contributed by atoms with Crippen molar-refractivity contribution >= 4 is 5.97 Å². The molecule has 1 saturated heterocycles. The van der Waals surface area contributed by atoms with Crippen LogP contribution >= 0.6 is 0 Å². The van der Waals surface area contributed by atoms with E-state index < -0.39 is 17.5 Å². The molecule has 5 heteroatoms. The molecule has 0 aromatic carbocycles. The number of carboxylic acids is 1. The lowest BCUT2D eigenvalue weighted by atomic mass is 10.1. The molecule has 15 heavy (non-hydrogen) atoms. The second-order valence-electron chi connectivity index (χ2n) is 3.85. The lowest BCUT2D eigenvalue weighted by Gasteiger charge is -2.27. The smallest absolute Gasteiger partial charge is 0.303 e. The van der Waals surface area contributed by atoms with Crippen LogP contribution in [0.4, 0.5) is 0 Å². The van der Waals surface area contributed by atoms with Crippen LogP contribution < -0.4 is 0 Å². The highest BCUT2D eigenvalue weighted by Crippen LogP contribution is 2.37. The van der Waals surface area contributed by atoms with E-state index in [-0.39, 0.29) is 19.4 Å². The van der Waals surface area contributed by atoms with Gasteiger partial charge in [0.15, 0.2) is 11.6 Å². The summed E-state index contributed by atoms with van der Waals surface area (Å²) in [6, 6.07) is 0. The van der Waals surface area contributed by atoms with Crippen molar-refractivity contribution in [2.45, 2.75) is 51.1 Å². The first-order valence-corrected chi connectivity index (χ1v) is 5.23. The average molecular weight is 218 g/mol. The Morgan fingerprint density at radius 2 is 2.00 bits per heavy atom. The highest BCUT2D eigenvalue weighted by Gasteiger charge is 2.47. The third-order valence-electron chi connectivity index (χ3n) is 2.74. The van der Waals surface area contributed by atoms with Crippen LogP contribution in [0.1, 0.15) is 39.5 Å². The van der Waals surface area contributed by atoms with E-state index in [0.717, 1.165) is 0 Å². The number of carbonyl (C=O) groups is 1. The van der Waals surface area contributed by atoms with Crippen molar-refractivity contribution in [2.75, 3.05) is 6.61 Å². The fraction of sp³-hybridized carbons (Fsp3) is 0.900. The van der Waals surface area contributed by atoms with Gasteiger partial charge in [0.25, 0.3) is 0 Å². The van der Waals surface area contributed by atoms with E-state index in [2.05, 4.69) is 0 Å². The van der Waals surface area contributed by atoms with Crippen LogP contribution in [0.3, 0.4) is 0 Å². The normalized spacial score (nSPS) is 29.3. The molecule has 1 atom stereocenters. The summed E-state index contributed by atoms with van der Waals surface area (Å²) in [6.45, 7) is 3.86. The molecule has 0 aliphatic carbocycles. The Morgan fingerprint density at radius 1 is 1.40 bits per heavy atom. The van der Waals surface area contributed by atoms with Crippen LogP contribution in [0.15, 0.2) is 0 Å². The maximum Gasteiger partial charge on any atom is 0.303 e. The number of aliphatic hydroxyl groups is 1.